The van der Waals surface area contributed by atoms with Crippen molar-refractivity contribution in [1.82, 2.24) is 15.5 Å². The Labute approximate surface area is 117 Å². The molecule has 1 aliphatic rings. The van der Waals surface area contributed by atoms with Crippen LogP contribution in [0, 0.1) is 5.92 Å². The molecule has 106 valence electrons. The van der Waals surface area contributed by atoms with Crippen LogP contribution >= 0.6 is 0 Å². The molecule has 0 saturated carbocycles. The van der Waals surface area contributed by atoms with Gasteiger partial charge >= 0.3 is 6.03 Å². The maximum Gasteiger partial charge on any atom is 0.323 e. The molecule has 1 aliphatic heterocycles. The fourth-order valence-electron chi connectivity index (χ4n) is 2.03. The summed E-state index contributed by atoms with van der Waals surface area (Å²) >= 11 is 0. The summed E-state index contributed by atoms with van der Waals surface area (Å²) < 4.78 is 0. The number of nitrogens with zero attached hydrogens (tertiary/aromatic N) is 1. The third kappa shape index (κ3) is 3.14. The molecule has 0 bridgehead atoms. The minimum atomic E-state index is -0.839. The molecule has 0 spiro atoms. The van der Waals surface area contributed by atoms with Crippen LogP contribution in [0.2, 0.25) is 0 Å². The van der Waals surface area contributed by atoms with E-state index in [1.807, 2.05) is 30.3 Å². The van der Waals surface area contributed by atoms with Crippen molar-refractivity contribution in [2.45, 2.75) is 6.42 Å². The van der Waals surface area contributed by atoms with E-state index in [1.165, 1.54) is 7.05 Å². The highest BCUT2D eigenvalue weighted by Crippen LogP contribution is 2.07. The standard InChI is InChI=1S/C14H17N3O3/c1-17-13(19)11(9-16-14(17)20)12(18)15-8-7-10-5-3-2-4-6-10/h2-6,11H,7-9H2,1H3,(H,15,18)(H,16,20). The van der Waals surface area contributed by atoms with Gasteiger partial charge in [0.1, 0.15) is 5.92 Å². The second kappa shape index (κ2) is 6.18. The summed E-state index contributed by atoms with van der Waals surface area (Å²) in [5.41, 5.74) is 1.12. The average Bonchev–Trinajstić information content (AvgIpc) is 2.46. The normalized spacial score (nSPS) is 18.6. The molecule has 6 nitrogen and oxygen atoms in total. The summed E-state index contributed by atoms with van der Waals surface area (Å²) in [7, 11) is 1.36. The second-order valence-corrected chi connectivity index (χ2v) is 4.66. The first-order chi connectivity index (χ1) is 9.59. The van der Waals surface area contributed by atoms with Gasteiger partial charge in [-0.25, -0.2) is 4.79 Å². The maximum absolute atomic E-state index is 11.9. The van der Waals surface area contributed by atoms with E-state index in [2.05, 4.69) is 10.6 Å². The highest BCUT2D eigenvalue weighted by molar-refractivity contribution is 6.08. The van der Waals surface area contributed by atoms with Gasteiger partial charge in [0.05, 0.1) is 0 Å². The molecule has 1 atom stereocenters. The smallest absolute Gasteiger partial charge is 0.323 e. The van der Waals surface area contributed by atoms with Crippen molar-refractivity contribution < 1.29 is 14.4 Å². The van der Waals surface area contributed by atoms with E-state index in [9.17, 15) is 14.4 Å². The Morgan fingerprint density at radius 3 is 2.75 bits per heavy atom. The summed E-state index contributed by atoms with van der Waals surface area (Å²) in [5, 5.41) is 5.24. The number of imide groups is 1. The molecule has 2 N–H and O–H groups in total. The predicted molar refractivity (Wildman–Crippen MR) is 72.8 cm³/mol. The van der Waals surface area contributed by atoms with E-state index in [0.717, 1.165) is 10.5 Å². The average molecular weight is 275 g/mol. The number of carbonyl (C=O) groups is 3. The molecule has 6 heteroatoms. The highest BCUT2D eigenvalue weighted by Gasteiger charge is 2.36. The lowest BCUT2D eigenvalue weighted by Gasteiger charge is -2.27. The van der Waals surface area contributed by atoms with Gasteiger partial charge < -0.3 is 10.6 Å². The molecule has 1 unspecified atom stereocenters. The summed E-state index contributed by atoms with van der Waals surface area (Å²) in [6, 6.07) is 9.29. The number of nitrogens with one attached hydrogen (secondary N) is 2. The van der Waals surface area contributed by atoms with Gasteiger partial charge in [0.25, 0.3) is 0 Å². The maximum atomic E-state index is 11.9. The molecule has 20 heavy (non-hydrogen) atoms. The molecule has 1 heterocycles. The summed E-state index contributed by atoms with van der Waals surface area (Å²) in [4.78, 5) is 35.9. The predicted octanol–water partition coefficient (Wildman–Crippen LogP) is 0.143. The number of benzene rings is 1. The zero-order chi connectivity index (χ0) is 14.5. The Morgan fingerprint density at radius 1 is 1.35 bits per heavy atom. The van der Waals surface area contributed by atoms with Crippen molar-refractivity contribution in [1.29, 1.82) is 0 Å². The van der Waals surface area contributed by atoms with Gasteiger partial charge in [-0.05, 0) is 12.0 Å². The molecule has 4 amide bonds. The lowest BCUT2D eigenvalue weighted by molar-refractivity contribution is -0.140. The Balaban J connectivity index is 1.83. The molecule has 2 rings (SSSR count). The van der Waals surface area contributed by atoms with E-state index in [4.69, 9.17) is 0 Å². The number of hydrogen-bond acceptors (Lipinski definition) is 3. The molecule has 1 aromatic carbocycles. The van der Waals surface area contributed by atoms with Crippen LogP contribution in [0.15, 0.2) is 30.3 Å². The van der Waals surface area contributed by atoms with Crippen molar-refractivity contribution in [3.05, 3.63) is 35.9 Å². The van der Waals surface area contributed by atoms with E-state index >= 15 is 0 Å². The van der Waals surface area contributed by atoms with Gasteiger partial charge in [-0.3, -0.25) is 14.5 Å². The van der Waals surface area contributed by atoms with Crippen LogP contribution in [-0.2, 0) is 16.0 Å². The second-order valence-electron chi connectivity index (χ2n) is 4.66. The Morgan fingerprint density at radius 2 is 2.05 bits per heavy atom. The van der Waals surface area contributed by atoms with Crippen LogP contribution in [0.3, 0.4) is 0 Å². The van der Waals surface area contributed by atoms with Gasteiger partial charge in [0.15, 0.2) is 0 Å². The first kappa shape index (κ1) is 14.0. The Bertz CT molecular complexity index is 516. The number of hydrogen-bond donors (Lipinski definition) is 2. The largest absolute Gasteiger partial charge is 0.355 e. The Hall–Kier alpha value is -2.37. The van der Waals surface area contributed by atoms with Gasteiger partial charge in [-0.2, -0.15) is 0 Å². The monoisotopic (exact) mass is 275 g/mol. The van der Waals surface area contributed by atoms with Crippen molar-refractivity contribution in [2.75, 3.05) is 20.1 Å². The Kier molecular flexibility index (Phi) is 4.34. The lowest BCUT2D eigenvalue weighted by atomic mass is 10.1. The minimum absolute atomic E-state index is 0.0547. The molecule has 0 aromatic heterocycles. The van der Waals surface area contributed by atoms with Gasteiger partial charge in [-0.1, -0.05) is 30.3 Å². The SMILES string of the molecule is CN1C(=O)NCC(C(=O)NCCc2ccccc2)C1=O. The van der Waals surface area contributed by atoms with Gasteiger partial charge in [-0.15, -0.1) is 0 Å². The van der Waals surface area contributed by atoms with Crippen molar-refractivity contribution >= 4 is 17.8 Å². The quantitative estimate of drug-likeness (QED) is 0.767. The number of carbonyl (C=O) groups excluding carboxylic acids is 3. The van der Waals surface area contributed by atoms with Gasteiger partial charge in [0, 0.05) is 20.1 Å². The zero-order valence-corrected chi connectivity index (χ0v) is 11.3. The topological polar surface area (TPSA) is 78.5 Å². The fourth-order valence-corrected chi connectivity index (χ4v) is 2.03. The van der Waals surface area contributed by atoms with E-state index in [-0.39, 0.29) is 12.5 Å². The van der Waals surface area contributed by atoms with Crippen LogP contribution in [0.4, 0.5) is 4.79 Å². The van der Waals surface area contributed by atoms with E-state index in [0.29, 0.717) is 13.0 Å². The first-order valence-electron chi connectivity index (χ1n) is 6.46. The molecule has 0 radical (unpaired) electrons. The minimum Gasteiger partial charge on any atom is -0.355 e. The van der Waals surface area contributed by atoms with Crippen LogP contribution in [-0.4, -0.2) is 42.9 Å². The zero-order valence-electron chi connectivity index (χ0n) is 11.3. The molecule has 1 fully saturated rings. The highest BCUT2D eigenvalue weighted by atomic mass is 16.2. The summed E-state index contributed by atoms with van der Waals surface area (Å²) in [6.45, 7) is 0.517. The first-order valence-corrected chi connectivity index (χ1v) is 6.46. The summed E-state index contributed by atoms with van der Waals surface area (Å²) in [6.07, 6.45) is 0.704. The van der Waals surface area contributed by atoms with Crippen LogP contribution in [0.25, 0.3) is 0 Å². The lowest BCUT2D eigenvalue weighted by Crippen LogP contribution is -2.57. The van der Waals surface area contributed by atoms with Crippen molar-refractivity contribution in [2.24, 2.45) is 5.92 Å². The molecule has 1 saturated heterocycles. The van der Waals surface area contributed by atoms with Crippen LogP contribution < -0.4 is 10.6 Å². The van der Waals surface area contributed by atoms with Crippen molar-refractivity contribution in [3.63, 3.8) is 0 Å². The van der Waals surface area contributed by atoms with Crippen LogP contribution in [0.5, 0.6) is 0 Å². The molecule has 1 aromatic rings. The number of amides is 4. The van der Waals surface area contributed by atoms with E-state index in [1.54, 1.807) is 0 Å². The van der Waals surface area contributed by atoms with Crippen molar-refractivity contribution in [3.8, 4) is 0 Å². The van der Waals surface area contributed by atoms with E-state index < -0.39 is 17.9 Å². The summed E-state index contributed by atoms with van der Waals surface area (Å²) in [5.74, 6) is -1.66. The third-order valence-electron chi connectivity index (χ3n) is 3.26. The molecular weight excluding hydrogens is 258 g/mol. The molecular formula is C14H17N3O3. The third-order valence-corrected chi connectivity index (χ3v) is 3.26. The van der Waals surface area contributed by atoms with Crippen LogP contribution in [0.1, 0.15) is 5.56 Å². The fraction of sp³-hybridized carbons (Fsp3) is 0.357. The molecule has 0 aliphatic carbocycles. The number of rotatable bonds is 4. The number of urea groups is 1. The van der Waals surface area contributed by atoms with Gasteiger partial charge in [0.2, 0.25) is 11.8 Å².